The van der Waals surface area contributed by atoms with Crippen LogP contribution in [0.1, 0.15) is 37.7 Å². The van der Waals surface area contributed by atoms with Crippen LogP contribution in [0.15, 0.2) is 66.7 Å². The minimum Gasteiger partial charge on any atom is -0.481 e. The van der Waals surface area contributed by atoms with Crippen molar-refractivity contribution in [3.8, 4) is 11.1 Å². The average Bonchev–Trinajstić information content (AvgIpc) is 3.20. The van der Waals surface area contributed by atoms with Crippen molar-refractivity contribution < 1.29 is 24.2 Å². The molecule has 1 saturated heterocycles. The van der Waals surface area contributed by atoms with E-state index in [0.717, 1.165) is 31.5 Å². The van der Waals surface area contributed by atoms with Crippen molar-refractivity contribution in [2.24, 2.45) is 5.92 Å². The van der Waals surface area contributed by atoms with Crippen LogP contribution >= 0.6 is 0 Å². The van der Waals surface area contributed by atoms with Gasteiger partial charge in [-0.25, -0.2) is 0 Å². The van der Waals surface area contributed by atoms with Gasteiger partial charge in [-0.3, -0.25) is 14.5 Å². The lowest BCUT2D eigenvalue weighted by atomic mass is 9.93. The van der Waals surface area contributed by atoms with Crippen molar-refractivity contribution in [1.82, 2.24) is 4.90 Å². The highest BCUT2D eigenvalue weighted by Gasteiger charge is 2.45. The summed E-state index contributed by atoms with van der Waals surface area (Å²) < 4.78 is 11.9. The fourth-order valence-electron chi connectivity index (χ4n) is 5.13. The van der Waals surface area contributed by atoms with Crippen molar-refractivity contribution in [2.75, 3.05) is 26.3 Å². The minimum atomic E-state index is -0.784. The molecule has 1 N–H and O–H groups in total. The Morgan fingerprint density at radius 3 is 2.40 bits per heavy atom. The van der Waals surface area contributed by atoms with Crippen molar-refractivity contribution in [2.45, 2.75) is 50.9 Å². The Bertz CT molecular complexity index is 982. The fraction of sp³-hybridized carbons (Fsp3) is 0.448. The lowest BCUT2D eigenvalue weighted by Crippen LogP contribution is -2.49. The molecular formula is C29H35NO5. The van der Waals surface area contributed by atoms with Crippen molar-refractivity contribution in [3.63, 3.8) is 0 Å². The zero-order valence-corrected chi connectivity index (χ0v) is 20.2. The van der Waals surface area contributed by atoms with Crippen LogP contribution in [0.3, 0.4) is 0 Å². The van der Waals surface area contributed by atoms with E-state index in [1.54, 1.807) is 0 Å². The van der Waals surface area contributed by atoms with Crippen LogP contribution in [0.4, 0.5) is 0 Å². The van der Waals surface area contributed by atoms with Crippen LogP contribution in [-0.4, -0.2) is 60.2 Å². The lowest BCUT2D eigenvalue weighted by molar-refractivity contribution is -0.136. The van der Waals surface area contributed by atoms with Gasteiger partial charge in [-0.1, -0.05) is 66.7 Å². The molecule has 35 heavy (non-hydrogen) atoms. The standard InChI is InChI=1S/C29H35NO5/c31-26-20-27(35-21-22-12-14-24(15-13-22)23-8-4-3-5-9-23)25(10-6-1-2-7-11-28(32)33)29(26)30-16-18-34-19-17-30/h1-5,8-9,12-15,25,27,29H,6-7,10-11,16-21H2,(H,32,33)/b2-1-/t25-,27-,29+/m1/s1. The highest BCUT2D eigenvalue weighted by molar-refractivity contribution is 5.87. The van der Waals surface area contributed by atoms with Gasteiger partial charge in [0, 0.05) is 31.8 Å². The Balaban J connectivity index is 1.38. The lowest BCUT2D eigenvalue weighted by Gasteiger charge is -2.35. The number of aliphatic carboxylic acids is 1. The number of rotatable bonds is 11. The molecule has 0 aromatic heterocycles. The van der Waals surface area contributed by atoms with Gasteiger partial charge in [0.05, 0.1) is 32.0 Å². The first kappa shape index (κ1) is 25.3. The summed E-state index contributed by atoms with van der Waals surface area (Å²) in [5.41, 5.74) is 3.45. The molecule has 2 aromatic rings. The molecular weight excluding hydrogens is 442 g/mol. The molecule has 1 aliphatic carbocycles. The van der Waals surface area contributed by atoms with Gasteiger partial charge in [-0.15, -0.1) is 0 Å². The van der Waals surface area contributed by atoms with Crippen molar-refractivity contribution >= 4 is 11.8 Å². The summed E-state index contributed by atoms with van der Waals surface area (Å²) in [7, 11) is 0. The summed E-state index contributed by atoms with van der Waals surface area (Å²) in [6, 6.07) is 18.6. The highest BCUT2D eigenvalue weighted by Crippen LogP contribution is 2.35. The smallest absolute Gasteiger partial charge is 0.303 e. The number of ketones is 1. The van der Waals surface area contributed by atoms with Gasteiger partial charge in [0.1, 0.15) is 0 Å². The molecule has 1 saturated carbocycles. The number of nitrogens with zero attached hydrogens (tertiary/aromatic N) is 1. The van der Waals surface area contributed by atoms with E-state index in [0.29, 0.717) is 32.7 Å². The number of carboxylic acid groups (broad SMARTS) is 1. The monoisotopic (exact) mass is 477 g/mol. The van der Waals surface area contributed by atoms with E-state index in [2.05, 4.69) is 41.3 Å². The SMILES string of the molecule is O=C(O)CC/C=C\CC[C@H]1[C@H](N2CCOCC2)C(=O)C[C@H]1OCc1ccc(-c2ccccc2)cc1. The van der Waals surface area contributed by atoms with E-state index >= 15 is 0 Å². The van der Waals surface area contributed by atoms with Gasteiger partial charge in [0.2, 0.25) is 0 Å². The second kappa shape index (κ2) is 12.8. The van der Waals surface area contributed by atoms with Crippen molar-refractivity contribution in [3.05, 3.63) is 72.3 Å². The molecule has 2 aliphatic rings. The van der Waals surface area contributed by atoms with Gasteiger partial charge in [-0.2, -0.15) is 0 Å². The van der Waals surface area contributed by atoms with E-state index in [1.807, 2.05) is 30.4 Å². The Morgan fingerprint density at radius 2 is 1.69 bits per heavy atom. The highest BCUT2D eigenvalue weighted by atomic mass is 16.5. The van der Waals surface area contributed by atoms with E-state index in [-0.39, 0.29) is 30.3 Å². The number of morpholine rings is 1. The number of benzene rings is 2. The molecule has 2 aromatic carbocycles. The average molecular weight is 478 g/mol. The first-order chi connectivity index (χ1) is 17.1. The van der Waals surface area contributed by atoms with Crippen LogP contribution < -0.4 is 0 Å². The first-order valence-corrected chi connectivity index (χ1v) is 12.6. The molecule has 0 bridgehead atoms. The van der Waals surface area contributed by atoms with E-state index in [1.165, 1.54) is 11.1 Å². The van der Waals surface area contributed by atoms with Crippen LogP contribution in [0, 0.1) is 5.92 Å². The normalized spacial score (nSPS) is 23.2. The van der Waals surface area contributed by atoms with Gasteiger partial charge >= 0.3 is 5.97 Å². The third kappa shape index (κ3) is 7.10. The number of allylic oxidation sites excluding steroid dienone is 2. The molecule has 6 heteroatoms. The molecule has 6 nitrogen and oxygen atoms in total. The second-order valence-electron chi connectivity index (χ2n) is 9.32. The maximum Gasteiger partial charge on any atom is 0.303 e. The Morgan fingerprint density at radius 1 is 1.00 bits per heavy atom. The third-order valence-electron chi connectivity index (χ3n) is 6.94. The van der Waals surface area contributed by atoms with Crippen LogP contribution in [0.2, 0.25) is 0 Å². The summed E-state index contributed by atoms with van der Waals surface area (Å²) in [6.07, 6.45) is 6.63. The number of hydrogen-bond donors (Lipinski definition) is 1. The van der Waals surface area contributed by atoms with Gasteiger partial charge in [-0.05, 0) is 36.0 Å². The van der Waals surface area contributed by atoms with E-state index in [4.69, 9.17) is 14.6 Å². The number of carboxylic acids is 1. The van der Waals surface area contributed by atoms with Crippen LogP contribution in [0.25, 0.3) is 11.1 Å². The zero-order chi connectivity index (χ0) is 24.5. The zero-order valence-electron chi connectivity index (χ0n) is 20.2. The molecule has 0 unspecified atom stereocenters. The molecule has 3 atom stereocenters. The van der Waals surface area contributed by atoms with Gasteiger partial charge in [0.25, 0.3) is 0 Å². The largest absolute Gasteiger partial charge is 0.481 e. The van der Waals surface area contributed by atoms with Crippen LogP contribution in [-0.2, 0) is 25.7 Å². The third-order valence-corrected chi connectivity index (χ3v) is 6.94. The molecule has 186 valence electrons. The second-order valence-corrected chi connectivity index (χ2v) is 9.32. The molecule has 4 rings (SSSR count). The summed E-state index contributed by atoms with van der Waals surface area (Å²) >= 11 is 0. The fourth-order valence-corrected chi connectivity index (χ4v) is 5.13. The molecule has 1 heterocycles. The number of carbonyl (C=O) groups excluding carboxylic acids is 1. The maximum absolute atomic E-state index is 13.1. The topological polar surface area (TPSA) is 76.1 Å². The van der Waals surface area contributed by atoms with Crippen LogP contribution in [0.5, 0.6) is 0 Å². The summed E-state index contributed by atoms with van der Waals surface area (Å²) in [5, 5.41) is 8.81. The molecule has 2 fully saturated rings. The minimum absolute atomic E-state index is 0.114. The number of carbonyl (C=O) groups is 2. The summed E-state index contributed by atoms with van der Waals surface area (Å²) in [5.74, 6) is -0.404. The number of Topliss-reactive ketones (excluding diaryl/α,β-unsaturated/α-hetero) is 1. The van der Waals surface area contributed by atoms with E-state index in [9.17, 15) is 9.59 Å². The Kier molecular flexibility index (Phi) is 9.23. The molecule has 0 amide bonds. The molecule has 0 spiro atoms. The number of hydrogen-bond acceptors (Lipinski definition) is 5. The van der Waals surface area contributed by atoms with Crippen molar-refractivity contribution in [1.29, 1.82) is 0 Å². The van der Waals surface area contributed by atoms with E-state index < -0.39 is 5.97 Å². The van der Waals surface area contributed by atoms with Gasteiger partial charge in [0.15, 0.2) is 5.78 Å². The maximum atomic E-state index is 13.1. The molecule has 0 radical (unpaired) electrons. The Labute approximate surface area is 207 Å². The predicted octanol–water partition coefficient (Wildman–Crippen LogP) is 4.73. The molecule has 1 aliphatic heterocycles. The quantitative estimate of drug-likeness (QED) is 0.472. The first-order valence-electron chi connectivity index (χ1n) is 12.6. The predicted molar refractivity (Wildman–Crippen MR) is 135 cm³/mol. The Hall–Kier alpha value is -2.80. The van der Waals surface area contributed by atoms with Gasteiger partial charge < -0.3 is 14.6 Å². The summed E-state index contributed by atoms with van der Waals surface area (Å²) in [4.78, 5) is 26.1. The summed E-state index contributed by atoms with van der Waals surface area (Å²) in [6.45, 7) is 3.34. The number of ether oxygens (including phenoxy) is 2.